The Morgan fingerprint density at radius 2 is 1.91 bits per heavy atom. The fourth-order valence-corrected chi connectivity index (χ4v) is 4.89. The monoisotopic (exact) mass is 482 g/mol. The van der Waals surface area contributed by atoms with Crippen LogP contribution in [0.1, 0.15) is 22.3 Å². The number of likely N-dealkylation sites (N-methyl/N-ethyl adjacent to an activating group) is 1. The van der Waals surface area contributed by atoms with Crippen molar-refractivity contribution in [3.8, 4) is 11.4 Å². The summed E-state index contributed by atoms with van der Waals surface area (Å²) in [7, 11) is 1.54. The second-order valence-corrected chi connectivity index (χ2v) is 8.78. The molecule has 2 amide bonds. The molecule has 0 aliphatic rings. The first kappa shape index (κ1) is 22.8. The third kappa shape index (κ3) is 4.58. The normalized spacial score (nSPS) is 10.9. The molecule has 2 aromatic carbocycles. The Labute approximate surface area is 200 Å². The highest BCUT2D eigenvalue weighted by atomic mass is 35.5. The molecule has 1 N–H and O–H groups in total. The number of halogens is 1. The maximum Gasteiger partial charge on any atom is 0.264 e. The number of nitrogens with one attached hydrogen (secondary N) is 1. The van der Waals surface area contributed by atoms with Crippen molar-refractivity contribution >= 4 is 50.7 Å². The third-order valence-corrected chi connectivity index (χ3v) is 6.64. The molecule has 0 saturated heterocycles. The van der Waals surface area contributed by atoms with Gasteiger partial charge in [0, 0.05) is 11.9 Å². The van der Waals surface area contributed by atoms with E-state index < -0.39 is 0 Å². The van der Waals surface area contributed by atoms with Crippen LogP contribution in [0.5, 0.6) is 5.75 Å². The van der Waals surface area contributed by atoms with Gasteiger partial charge >= 0.3 is 0 Å². The molecule has 0 fully saturated rings. The molecule has 2 aromatic heterocycles. The van der Waals surface area contributed by atoms with E-state index in [0.29, 0.717) is 27.9 Å². The van der Waals surface area contributed by atoms with Crippen molar-refractivity contribution < 1.29 is 14.3 Å². The topological polar surface area (TPSA) is 76.5 Å². The third-order valence-electron chi connectivity index (χ3n) is 5.22. The molecule has 0 spiro atoms. The lowest BCUT2D eigenvalue weighted by Crippen LogP contribution is -2.37. The molecule has 7 nitrogen and oxygen atoms in total. The SMILES string of the molecule is CCN(CC(=O)Nc1ccccc1OC)C(=O)c1cc2c(C)nn(-c3ccccc3Cl)c2s1. The van der Waals surface area contributed by atoms with Crippen molar-refractivity contribution in [1.82, 2.24) is 14.7 Å². The van der Waals surface area contributed by atoms with E-state index in [9.17, 15) is 9.59 Å². The quantitative estimate of drug-likeness (QED) is 0.395. The second-order valence-electron chi connectivity index (χ2n) is 7.35. The van der Waals surface area contributed by atoms with Gasteiger partial charge < -0.3 is 15.0 Å². The number of fused-ring (bicyclic) bond motifs is 1. The summed E-state index contributed by atoms with van der Waals surface area (Å²) < 4.78 is 7.04. The number of hydrogen-bond acceptors (Lipinski definition) is 5. The minimum atomic E-state index is -0.297. The fourth-order valence-electron chi connectivity index (χ4n) is 3.53. The van der Waals surface area contributed by atoms with Crippen molar-refractivity contribution in [2.75, 3.05) is 25.5 Å². The average molecular weight is 483 g/mol. The minimum absolute atomic E-state index is 0.0722. The largest absolute Gasteiger partial charge is 0.495 e. The van der Waals surface area contributed by atoms with Crippen LogP contribution in [-0.4, -0.2) is 46.7 Å². The van der Waals surface area contributed by atoms with Crippen LogP contribution in [-0.2, 0) is 4.79 Å². The number of aryl methyl sites for hydroxylation is 1. The number of aromatic nitrogens is 2. The lowest BCUT2D eigenvalue weighted by molar-refractivity contribution is -0.116. The van der Waals surface area contributed by atoms with Crippen molar-refractivity contribution in [2.24, 2.45) is 0 Å². The minimum Gasteiger partial charge on any atom is -0.495 e. The summed E-state index contributed by atoms with van der Waals surface area (Å²) in [4.78, 5) is 28.8. The van der Waals surface area contributed by atoms with Crippen molar-refractivity contribution in [1.29, 1.82) is 0 Å². The number of carbonyl (C=O) groups excluding carboxylic acids is 2. The summed E-state index contributed by atoms with van der Waals surface area (Å²) in [6, 6.07) is 16.4. The second kappa shape index (κ2) is 9.64. The molecule has 2 heterocycles. The Hall–Kier alpha value is -3.36. The van der Waals surface area contributed by atoms with Crippen LogP contribution in [0, 0.1) is 6.92 Å². The molecule has 0 atom stereocenters. The Balaban J connectivity index is 1.57. The number of carbonyl (C=O) groups is 2. The smallest absolute Gasteiger partial charge is 0.264 e. The van der Waals surface area contributed by atoms with Crippen LogP contribution in [0.3, 0.4) is 0 Å². The number of benzene rings is 2. The van der Waals surface area contributed by atoms with E-state index in [2.05, 4.69) is 10.4 Å². The van der Waals surface area contributed by atoms with Crippen molar-refractivity contribution in [3.05, 3.63) is 70.2 Å². The van der Waals surface area contributed by atoms with Gasteiger partial charge in [-0.05, 0) is 44.2 Å². The molecule has 0 bridgehead atoms. The molecule has 0 unspecified atom stereocenters. The number of nitrogens with zero attached hydrogens (tertiary/aromatic N) is 3. The van der Waals surface area contributed by atoms with Crippen LogP contribution < -0.4 is 10.1 Å². The standard InChI is InChI=1S/C24H23ClN4O3S/c1-4-28(14-22(30)26-18-10-6-8-12-20(18)32-3)23(31)21-13-16-15(2)27-29(24(16)33-21)19-11-7-5-9-17(19)25/h5-13H,4,14H2,1-3H3,(H,26,30). The molecule has 170 valence electrons. The zero-order chi connectivity index (χ0) is 23.5. The summed E-state index contributed by atoms with van der Waals surface area (Å²) >= 11 is 7.71. The Morgan fingerprint density at radius 1 is 1.18 bits per heavy atom. The number of rotatable bonds is 7. The number of thiophene rings is 1. The van der Waals surface area contributed by atoms with Crippen molar-refractivity contribution in [3.63, 3.8) is 0 Å². The van der Waals surface area contributed by atoms with Gasteiger partial charge in [0.1, 0.15) is 17.1 Å². The maximum absolute atomic E-state index is 13.3. The van der Waals surface area contributed by atoms with E-state index in [1.54, 1.807) is 30.0 Å². The summed E-state index contributed by atoms with van der Waals surface area (Å²) in [5.41, 5.74) is 2.12. The molecule has 4 aromatic rings. The zero-order valence-corrected chi connectivity index (χ0v) is 20.0. The first-order chi connectivity index (χ1) is 15.9. The molecule has 9 heteroatoms. The van der Waals surface area contributed by atoms with Crippen LogP contribution in [0.25, 0.3) is 15.9 Å². The summed E-state index contributed by atoms with van der Waals surface area (Å²) in [6.45, 7) is 4.06. The van der Waals surface area contributed by atoms with E-state index in [0.717, 1.165) is 21.6 Å². The first-order valence-electron chi connectivity index (χ1n) is 10.4. The van der Waals surface area contributed by atoms with Gasteiger partial charge in [0.05, 0.1) is 34.1 Å². The van der Waals surface area contributed by atoms with Gasteiger partial charge in [-0.15, -0.1) is 11.3 Å². The molecule has 33 heavy (non-hydrogen) atoms. The Kier molecular flexibility index (Phi) is 6.67. The number of ether oxygens (including phenoxy) is 1. The predicted molar refractivity (Wildman–Crippen MR) is 132 cm³/mol. The average Bonchev–Trinajstić information content (AvgIpc) is 3.38. The van der Waals surface area contributed by atoms with Gasteiger partial charge in [-0.25, -0.2) is 4.68 Å². The predicted octanol–water partition coefficient (Wildman–Crippen LogP) is 5.16. The number of hydrogen-bond donors (Lipinski definition) is 1. The Bertz CT molecular complexity index is 1330. The number of methoxy groups -OCH3 is 1. The Morgan fingerprint density at radius 3 is 2.64 bits per heavy atom. The molecule has 0 aliphatic heterocycles. The van der Waals surface area contributed by atoms with Crippen LogP contribution >= 0.6 is 22.9 Å². The highest BCUT2D eigenvalue weighted by Gasteiger charge is 2.23. The molecule has 0 radical (unpaired) electrons. The summed E-state index contributed by atoms with van der Waals surface area (Å²) in [5.74, 6) is 0.0533. The van der Waals surface area contributed by atoms with Crippen molar-refractivity contribution in [2.45, 2.75) is 13.8 Å². The first-order valence-corrected chi connectivity index (χ1v) is 11.6. The fraction of sp³-hybridized carbons (Fsp3) is 0.208. The summed E-state index contributed by atoms with van der Waals surface area (Å²) in [6.07, 6.45) is 0. The van der Waals surface area contributed by atoms with Gasteiger partial charge in [-0.2, -0.15) is 5.10 Å². The molecular weight excluding hydrogens is 460 g/mol. The van der Waals surface area contributed by atoms with Crippen LogP contribution in [0.15, 0.2) is 54.6 Å². The van der Waals surface area contributed by atoms with Gasteiger partial charge in [-0.1, -0.05) is 35.9 Å². The number of anilines is 1. The number of amides is 2. The number of para-hydroxylation sites is 3. The zero-order valence-electron chi connectivity index (χ0n) is 18.5. The summed E-state index contributed by atoms with van der Waals surface area (Å²) in [5, 5.41) is 8.88. The van der Waals surface area contributed by atoms with Gasteiger partial charge in [-0.3, -0.25) is 9.59 Å². The molecular formula is C24H23ClN4O3S. The van der Waals surface area contributed by atoms with E-state index in [4.69, 9.17) is 16.3 Å². The molecule has 0 aliphatic carbocycles. The van der Waals surface area contributed by atoms with Crippen LogP contribution in [0.4, 0.5) is 5.69 Å². The van der Waals surface area contributed by atoms with E-state index >= 15 is 0 Å². The lowest BCUT2D eigenvalue weighted by atomic mass is 10.2. The van der Waals surface area contributed by atoms with E-state index in [1.807, 2.05) is 50.2 Å². The van der Waals surface area contributed by atoms with Gasteiger partial charge in [0.2, 0.25) is 5.91 Å². The molecule has 0 saturated carbocycles. The highest BCUT2D eigenvalue weighted by molar-refractivity contribution is 7.20. The van der Waals surface area contributed by atoms with E-state index in [-0.39, 0.29) is 18.4 Å². The van der Waals surface area contributed by atoms with Crippen LogP contribution in [0.2, 0.25) is 5.02 Å². The van der Waals surface area contributed by atoms with Gasteiger partial charge in [0.15, 0.2) is 0 Å². The molecule has 4 rings (SSSR count). The lowest BCUT2D eigenvalue weighted by Gasteiger charge is -2.20. The highest BCUT2D eigenvalue weighted by Crippen LogP contribution is 2.33. The maximum atomic E-state index is 13.3. The van der Waals surface area contributed by atoms with Gasteiger partial charge in [0.25, 0.3) is 5.91 Å². The van der Waals surface area contributed by atoms with E-state index in [1.165, 1.54) is 16.2 Å².